The summed E-state index contributed by atoms with van der Waals surface area (Å²) in [5.41, 5.74) is 2.51. The molecule has 3 aromatic rings. The lowest BCUT2D eigenvalue weighted by Crippen LogP contribution is -2.11. The molecule has 0 spiro atoms. The number of aryl methyl sites for hydroxylation is 1. The molecule has 0 saturated carbocycles. The van der Waals surface area contributed by atoms with E-state index in [9.17, 15) is 4.79 Å². The molecule has 0 aliphatic rings. The molecule has 0 aliphatic heterocycles. The fourth-order valence-corrected chi connectivity index (χ4v) is 2.91. The van der Waals surface area contributed by atoms with Crippen molar-refractivity contribution in [3.8, 4) is 17.1 Å². The van der Waals surface area contributed by atoms with Gasteiger partial charge in [0.15, 0.2) is 11.6 Å². The van der Waals surface area contributed by atoms with Crippen LogP contribution in [-0.4, -0.2) is 41.1 Å². The van der Waals surface area contributed by atoms with Crippen molar-refractivity contribution in [2.75, 3.05) is 0 Å². The van der Waals surface area contributed by atoms with Crippen LogP contribution in [0, 0.1) is 5.92 Å². The minimum absolute atomic E-state index is 0.107. The molecule has 0 radical (unpaired) electrons. The molecule has 3 rings (SSSR count). The van der Waals surface area contributed by atoms with Gasteiger partial charge in [0.25, 0.3) is 6.47 Å². The van der Waals surface area contributed by atoms with Crippen LogP contribution in [0.2, 0.25) is 0 Å². The molecule has 0 saturated heterocycles. The van der Waals surface area contributed by atoms with Crippen LogP contribution in [0.3, 0.4) is 0 Å². The Kier molecular flexibility index (Phi) is 7.46. The van der Waals surface area contributed by atoms with Crippen molar-refractivity contribution in [3.05, 3.63) is 46.4 Å². The fourth-order valence-electron chi connectivity index (χ4n) is 2.91. The quantitative estimate of drug-likeness (QED) is 0.614. The first-order valence-electron chi connectivity index (χ1n) is 9.57. The first kappa shape index (κ1) is 22.1. The lowest BCUT2D eigenvalue weighted by Gasteiger charge is -2.12. The Morgan fingerprint density at radius 3 is 2.52 bits per heavy atom. The van der Waals surface area contributed by atoms with Gasteiger partial charge in [-0.25, -0.2) is 9.67 Å². The number of H-pyrrole nitrogens is 1. The molecule has 3 heterocycles. The molecule has 9 heteroatoms. The van der Waals surface area contributed by atoms with Gasteiger partial charge in [0.05, 0.1) is 12.4 Å². The van der Waals surface area contributed by atoms with Crippen LogP contribution in [0.5, 0.6) is 0 Å². The summed E-state index contributed by atoms with van der Waals surface area (Å²) < 4.78 is 3.57. The van der Waals surface area contributed by atoms with Crippen molar-refractivity contribution in [2.24, 2.45) is 13.0 Å². The number of carbonyl (C=O) groups is 1. The van der Waals surface area contributed by atoms with Gasteiger partial charge in [-0.1, -0.05) is 34.1 Å². The van der Waals surface area contributed by atoms with E-state index in [0.29, 0.717) is 5.92 Å². The van der Waals surface area contributed by atoms with Gasteiger partial charge < -0.3 is 10.1 Å². The van der Waals surface area contributed by atoms with Crippen molar-refractivity contribution in [1.29, 1.82) is 0 Å². The molecule has 0 bridgehead atoms. The summed E-state index contributed by atoms with van der Waals surface area (Å²) in [5, 5.41) is 15.9. The Morgan fingerprint density at radius 1 is 1.28 bits per heavy atom. The number of aromatic nitrogens is 6. The predicted octanol–water partition coefficient (Wildman–Crippen LogP) is 2.77. The van der Waals surface area contributed by atoms with E-state index in [-0.39, 0.29) is 17.9 Å². The van der Waals surface area contributed by atoms with Crippen molar-refractivity contribution < 1.29 is 9.90 Å². The first-order chi connectivity index (χ1) is 13.8. The van der Waals surface area contributed by atoms with Crippen molar-refractivity contribution in [2.45, 2.75) is 46.5 Å². The lowest BCUT2D eigenvalue weighted by atomic mass is 10.0. The summed E-state index contributed by atoms with van der Waals surface area (Å²) in [6.07, 6.45) is 5.57. The molecule has 0 aromatic carbocycles. The van der Waals surface area contributed by atoms with Gasteiger partial charge in [-0.05, 0) is 17.9 Å². The normalized spacial score (nSPS) is 11.8. The first-order valence-corrected chi connectivity index (χ1v) is 9.57. The predicted molar refractivity (Wildman–Crippen MR) is 110 cm³/mol. The Labute approximate surface area is 169 Å². The topological polar surface area (TPSA) is 119 Å². The van der Waals surface area contributed by atoms with E-state index in [1.165, 1.54) is 6.07 Å². The van der Waals surface area contributed by atoms with E-state index in [2.05, 4.69) is 37.8 Å². The second kappa shape index (κ2) is 9.81. The second-order valence-electron chi connectivity index (χ2n) is 7.26. The summed E-state index contributed by atoms with van der Waals surface area (Å²) in [4.78, 5) is 28.0. The maximum absolute atomic E-state index is 11.8. The van der Waals surface area contributed by atoms with E-state index in [0.717, 1.165) is 41.4 Å². The molecule has 2 N–H and O–H groups in total. The Bertz CT molecular complexity index is 1000. The highest BCUT2D eigenvalue weighted by Crippen LogP contribution is 2.27. The SMILES string of the molecule is CCC(C)Cc1nc(-c2ccc(=O)[nH]c2C(C)C)n(-c2cnn(C)c2)n1.O=CO. The molecular weight excluding hydrogens is 372 g/mol. The highest BCUT2D eigenvalue weighted by atomic mass is 16.3. The largest absolute Gasteiger partial charge is 0.483 e. The number of nitrogens with one attached hydrogen (secondary N) is 1. The summed E-state index contributed by atoms with van der Waals surface area (Å²) in [6, 6.07) is 3.37. The number of hydrogen-bond donors (Lipinski definition) is 2. The molecule has 1 unspecified atom stereocenters. The average Bonchev–Trinajstić information content (AvgIpc) is 3.28. The summed E-state index contributed by atoms with van der Waals surface area (Å²) in [5.74, 6) is 2.21. The van der Waals surface area contributed by atoms with Crippen LogP contribution in [-0.2, 0) is 18.3 Å². The Balaban J connectivity index is 0.000000941. The Morgan fingerprint density at radius 2 is 1.97 bits per heavy atom. The third-order valence-electron chi connectivity index (χ3n) is 4.58. The van der Waals surface area contributed by atoms with Gasteiger partial charge in [-0.15, -0.1) is 0 Å². The second-order valence-corrected chi connectivity index (χ2v) is 7.26. The van der Waals surface area contributed by atoms with E-state index in [1.54, 1.807) is 10.9 Å². The summed E-state index contributed by atoms with van der Waals surface area (Å²) in [6.45, 7) is 8.23. The number of carboxylic acid groups (broad SMARTS) is 1. The smallest absolute Gasteiger partial charge is 0.290 e. The van der Waals surface area contributed by atoms with Gasteiger partial charge >= 0.3 is 0 Å². The van der Waals surface area contributed by atoms with Crippen molar-refractivity contribution in [1.82, 2.24) is 29.5 Å². The zero-order valence-corrected chi connectivity index (χ0v) is 17.5. The van der Waals surface area contributed by atoms with Gasteiger partial charge in [-0.2, -0.15) is 10.2 Å². The van der Waals surface area contributed by atoms with E-state index in [4.69, 9.17) is 20.0 Å². The summed E-state index contributed by atoms with van der Waals surface area (Å²) >= 11 is 0. The highest BCUT2D eigenvalue weighted by Gasteiger charge is 2.20. The molecular formula is C20H28N6O3. The van der Waals surface area contributed by atoms with Crippen LogP contribution >= 0.6 is 0 Å². The third kappa shape index (κ3) is 5.40. The molecule has 9 nitrogen and oxygen atoms in total. The van der Waals surface area contributed by atoms with E-state index >= 15 is 0 Å². The fraction of sp³-hybridized carbons (Fsp3) is 0.450. The van der Waals surface area contributed by atoms with Gasteiger partial charge in [-0.3, -0.25) is 14.3 Å². The molecule has 29 heavy (non-hydrogen) atoms. The number of hydrogen-bond acceptors (Lipinski definition) is 5. The number of pyridine rings is 1. The highest BCUT2D eigenvalue weighted by molar-refractivity contribution is 5.61. The summed E-state index contributed by atoms with van der Waals surface area (Å²) in [7, 11) is 1.87. The van der Waals surface area contributed by atoms with Crippen LogP contribution in [0.4, 0.5) is 0 Å². The molecule has 0 amide bonds. The lowest BCUT2D eigenvalue weighted by molar-refractivity contribution is -0.122. The van der Waals surface area contributed by atoms with Crippen molar-refractivity contribution >= 4 is 6.47 Å². The monoisotopic (exact) mass is 400 g/mol. The molecule has 1 atom stereocenters. The van der Waals surface area contributed by atoms with Crippen LogP contribution < -0.4 is 5.56 Å². The maximum Gasteiger partial charge on any atom is 0.290 e. The zero-order valence-electron chi connectivity index (χ0n) is 17.5. The Hall–Kier alpha value is -3.23. The zero-order chi connectivity index (χ0) is 21.6. The number of nitrogens with zero attached hydrogens (tertiary/aromatic N) is 5. The third-order valence-corrected chi connectivity index (χ3v) is 4.58. The molecule has 0 aliphatic carbocycles. The molecule has 0 fully saturated rings. The molecule has 3 aromatic heterocycles. The van der Waals surface area contributed by atoms with E-state index < -0.39 is 0 Å². The van der Waals surface area contributed by atoms with Gasteiger partial charge in [0.1, 0.15) is 5.69 Å². The average molecular weight is 400 g/mol. The number of aromatic amines is 1. The van der Waals surface area contributed by atoms with Gasteiger partial charge in [0.2, 0.25) is 5.56 Å². The maximum atomic E-state index is 11.8. The number of rotatable bonds is 6. The van der Waals surface area contributed by atoms with Crippen molar-refractivity contribution in [3.63, 3.8) is 0 Å². The standard InChI is InChI=1S/C19H26N6O.CH2O2/c1-6-13(4)9-16-21-19(25(23-16)14-10-20-24(5)11-14)15-7-8-17(26)22-18(15)12(2)3;2-1-3/h7-8,10-13H,6,9H2,1-5H3,(H,22,26);1H,(H,2,3). The van der Waals surface area contributed by atoms with E-state index in [1.807, 2.05) is 24.0 Å². The van der Waals surface area contributed by atoms with Crippen LogP contribution in [0.1, 0.15) is 51.6 Å². The van der Waals surface area contributed by atoms with Crippen LogP contribution in [0.15, 0.2) is 29.3 Å². The van der Waals surface area contributed by atoms with Crippen LogP contribution in [0.25, 0.3) is 17.1 Å². The van der Waals surface area contributed by atoms with Gasteiger partial charge in [0, 0.05) is 30.8 Å². The molecule has 156 valence electrons. The minimum atomic E-state index is -0.250. The minimum Gasteiger partial charge on any atom is -0.483 e.